The van der Waals surface area contributed by atoms with Gasteiger partial charge in [-0.05, 0) is 34.6 Å². The minimum absolute atomic E-state index is 0.114. The Morgan fingerprint density at radius 3 is 1.73 bits per heavy atom. The van der Waals surface area contributed by atoms with Crippen molar-refractivity contribution in [3.05, 3.63) is 81.9 Å². The lowest BCUT2D eigenvalue weighted by Crippen LogP contribution is -2.63. The Labute approximate surface area is 206 Å². The first-order valence-corrected chi connectivity index (χ1v) is 13.7. The molecule has 2 heterocycles. The van der Waals surface area contributed by atoms with Crippen molar-refractivity contribution in [2.24, 2.45) is 0 Å². The molecule has 190 valence electrons. The maximum absolute atomic E-state index is 15.4. The number of rotatable bonds is 2. The number of carboxylic acid groups (broad SMARTS) is 2. The SMILES string of the molecule is C[Si]1(C)c2cc(NC(=O)O)ccc2C2(OC(=O)c3c(F)c(F)c(F)c(F)c32)c2ccc(NC(=O)O)cc21. The third-order valence-corrected chi connectivity index (χ3v) is 10.2. The van der Waals surface area contributed by atoms with Crippen molar-refractivity contribution < 1.29 is 46.9 Å². The quantitative estimate of drug-likeness (QED) is 0.130. The fraction of sp³-hybridized carbons (Fsp3) is 0.125. The largest absolute Gasteiger partial charge is 0.465 e. The Balaban J connectivity index is 1.93. The van der Waals surface area contributed by atoms with Gasteiger partial charge in [-0.15, -0.1) is 0 Å². The van der Waals surface area contributed by atoms with E-state index in [4.69, 9.17) is 4.74 Å². The van der Waals surface area contributed by atoms with Crippen molar-refractivity contribution in [3.8, 4) is 0 Å². The van der Waals surface area contributed by atoms with Crippen LogP contribution in [0.25, 0.3) is 0 Å². The third kappa shape index (κ3) is 3.23. The number of carbonyl (C=O) groups excluding carboxylic acids is 1. The second-order valence-electron chi connectivity index (χ2n) is 9.08. The van der Waals surface area contributed by atoms with Gasteiger partial charge in [0.2, 0.25) is 0 Å². The van der Waals surface area contributed by atoms with Gasteiger partial charge < -0.3 is 14.9 Å². The molecule has 0 radical (unpaired) electrons. The summed E-state index contributed by atoms with van der Waals surface area (Å²) < 4.78 is 64.5. The highest BCUT2D eigenvalue weighted by Gasteiger charge is 2.59. The van der Waals surface area contributed by atoms with E-state index in [1.807, 2.05) is 13.1 Å². The van der Waals surface area contributed by atoms with Gasteiger partial charge in [0.25, 0.3) is 0 Å². The first kappa shape index (κ1) is 24.3. The first-order valence-electron chi connectivity index (χ1n) is 10.7. The van der Waals surface area contributed by atoms with E-state index in [1.165, 1.54) is 36.4 Å². The number of halogens is 4. The van der Waals surface area contributed by atoms with Crippen LogP contribution in [0.3, 0.4) is 0 Å². The van der Waals surface area contributed by atoms with Gasteiger partial charge in [-0.2, -0.15) is 0 Å². The second-order valence-corrected chi connectivity index (χ2v) is 13.4. The molecule has 0 saturated heterocycles. The summed E-state index contributed by atoms with van der Waals surface area (Å²) in [5, 5.41) is 23.5. The highest BCUT2D eigenvalue weighted by molar-refractivity contribution is 7.01. The molecule has 0 aliphatic carbocycles. The Morgan fingerprint density at radius 1 is 0.811 bits per heavy atom. The minimum Gasteiger partial charge on any atom is -0.465 e. The van der Waals surface area contributed by atoms with Crippen LogP contribution in [0.2, 0.25) is 13.1 Å². The van der Waals surface area contributed by atoms with Gasteiger partial charge in [0, 0.05) is 22.5 Å². The molecule has 37 heavy (non-hydrogen) atoms. The summed E-state index contributed by atoms with van der Waals surface area (Å²) in [7, 11) is -2.93. The zero-order valence-electron chi connectivity index (χ0n) is 19.0. The predicted molar refractivity (Wildman–Crippen MR) is 125 cm³/mol. The van der Waals surface area contributed by atoms with Gasteiger partial charge in [-0.1, -0.05) is 25.2 Å². The number of ether oxygens (including phenoxy) is 1. The number of hydrogen-bond acceptors (Lipinski definition) is 4. The molecule has 0 fully saturated rings. The molecule has 0 atom stereocenters. The van der Waals surface area contributed by atoms with Crippen molar-refractivity contribution in [1.29, 1.82) is 0 Å². The van der Waals surface area contributed by atoms with Crippen molar-refractivity contribution in [2.75, 3.05) is 10.6 Å². The van der Waals surface area contributed by atoms with Crippen LogP contribution in [-0.4, -0.2) is 36.4 Å². The lowest BCUT2D eigenvalue weighted by Gasteiger charge is -2.44. The minimum atomic E-state index is -2.93. The summed E-state index contributed by atoms with van der Waals surface area (Å²) in [5.74, 6) is -9.46. The summed E-state index contributed by atoms with van der Waals surface area (Å²) >= 11 is 0. The maximum Gasteiger partial charge on any atom is 0.409 e. The van der Waals surface area contributed by atoms with Crippen LogP contribution in [0.4, 0.5) is 38.5 Å². The zero-order chi connectivity index (χ0) is 27.0. The predicted octanol–water partition coefficient (Wildman–Crippen LogP) is 4.02. The van der Waals surface area contributed by atoms with Gasteiger partial charge in [0.05, 0.1) is 5.56 Å². The molecule has 0 bridgehead atoms. The average molecular weight is 532 g/mol. The molecule has 2 amide bonds. The number of fused-ring (bicyclic) bond motifs is 6. The third-order valence-electron chi connectivity index (χ3n) is 6.72. The van der Waals surface area contributed by atoms with Gasteiger partial charge in [-0.25, -0.2) is 31.9 Å². The van der Waals surface area contributed by atoms with Crippen molar-refractivity contribution >= 4 is 48.0 Å². The molecule has 0 unspecified atom stereocenters. The van der Waals surface area contributed by atoms with Crippen LogP contribution in [0.15, 0.2) is 36.4 Å². The van der Waals surface area contributed by atoms with E-state index < -0.39 is 66.2 Å². The Hall–Kier alpha value is -4.39. The summed E-state index contributed by atoms with van der Waals surface area (Å²) in [6.07, 6.45) is -2.75. The number of nitrogens with one attached hydrogen (secondary N) is 2. The maximum atomic E-state index is 15.4. The molecule has 8 nitrogen and oxygen atoms in total. The second kappa shape index (κ2) is 7.80. The Bertz CT molecular complexity index is 1510. The molecule has 3 aromatic carbocycles. The smallest absolute Gasteiger partial charge is 0.409 e. The molecule has 13 heteroatoms. The van der Waals surface area contributed by atoms with E-state index in [-0.39, 0.29) is 22.5 Å². The summed E-state index contributed by atoms with van der Waals surface area (Å²) in [6.45, 7) is 3.65. The van der Waals surface area contributed by atoms with Gasteiger partial charge in [0.15, 0.2) is 28.9 Å². The highest BCUT2D eigenvalue weighted by Crippen LogP contribution is 2.51. The van der Waals surface area contributed by atoms with Crippen LogP contribution < -0.4 is 21.0 Å². The molecule has 3 aromatic rings. The van der Waals surface area contributed by atoms with E-state index in [0.29, 0.717) is 10.4 Å². The number of esters is 1. The van der Waals surface area contributed by atoms with Crippen molar-refractivity contribution in [3.63, 3.8) is 0 Å². The fourth-order valence-corrected chi connectivity index (χ4v) is 8.39. The summed E-state index contributed by atoms with van der Waals surface area (Å²) in [6, 6.07) is 8.20. The zero-order valence-corrected chi connectivity index (χ0v) is 20.0. The van der Waals surface area contributed by atoms with Gasteiger partial charge in [-0.3, -0.25) is 10.6 Å². The van der Waals surface area contributed by atoms with Crippen LogP contribution in [0.5, 0.6) is 0 Å². The van der Waals surface area contributed by atoms with Crippen LogP contribution in [0, 0.1) is 23.3 Å². The number of hydrogen-bond donors (Lipinski definition) is 4. The molecular weight excluding hydrogens is 516 g/mol. The molecule has 2 aliphatic heterocycles. The molecule has 4 N–H and O–H groups in total. The van der Waals surface area contributed by atoms with Crippen LogP contribution in [0.1, 0.15) is 27.0 Å². The summed E-state index contributed by atoms with van der Waals surface area (Å²) in [5.41, 5.74) is -3.76. The van der Waals surface area contributed by atoms with E-state index in [2.05, 4.69) is 10.6 Å². The van der Waals surface area contributed by atoms with E-state index >= 15 is 4.39 Å². The highest BCUT2D eigenvalue weighted by atomic mass is 28.3. The van der Waals surface area contributed by atoms with Crippen molar-refractivity contribution in [1.82, 2.24) is 0 Å². The molecule has 5 rings (SSSR count). The van der Waals surface area contributed by atoms with Crippen LogP contribution in [-0.2, 0) is 10.3 Å². The molecule has 2 aliphatic rings. The molecular formula is C24H16F4N2O6Si. The lowest BCUT2D eigenvalue weighted by atomic mass is 9.78. The van der Waals surface area contributed by atoms with Gasteiger partial charge >= 0.3 is 18.2 Å². The van der Waals surface area contributed by atoms with E-state index in [1.54, 1.807) is 0 Å². The van der Waals surface area contributed by atoms with Crippen LogP contribution >= 0.6 is 0 Å². The van der Waals surface area contributed by atoms with E-state index in [0.717, 1.165) is 0 Å². The standard InChI is InChI=1S/C24H16F4N2O6Si/c1-37(2)13-7-9(29-22(32)33)3-5-11(13)24(12-6-4-10(8-14(12)37)30-23(34)35)16-15(21(31)36-24)17(25)19(27)20(28)18(16)26/h3-8,29-30H,1-2H3,(H,32,33)(H,34,35). The molecule has 0 saturated carbocycles. The lowest BCUT2D eigenvalue weighted by molar-refractivity contribution is 0.0246. The normalized spacial score (nSPS) is 15.9. The first-order chi connectivity index (χ1) is 17.3. The topological polar surface area (TPSA) is 125 Å². The fourth-order valence-electron chi connectivity index (χ4n) is 5.20. The Kier molecular flexibility index (Phi) is 5.13. The Morgan fingerprint density at radius 2 is 1.27 bits per heavy atom. The number of amides is 2. The molecule has 1 spiro atoms. The monoisotopic (exact) mass is 532 g/mol. The summed E-state index contributed by atoms with van der Waals surface area (Å²) in [4.78, 5) is 35.4. The number of anilines is 2. The van der Waals surface area contributed by atoms with Crippen molar-refractivity contribution in [2.45, 2.75) is 18.7 Å². The number of carbonyl (C=O) groups is 3. The van der Waals surface area contributed by atoms with E-state index in [9.17, 15) is 37.8 Å². The van der Waals surface area contributed by atoms with Gasteiger partial charge in [0.1, 0.15) is 13.6 Å². The average Bonchev–Trinajstić information content (AvgIpc) is 3.13. The number of benzene rings is 3. The molecule has 0 aromatic heterocycles.